The number of hydrogen-bond acceptors (Lipinski definition) is 6. The normalized spacial score (nSPS) is 10.6. The fourth-order valence-electron chi connectivity index (χ4n) is 2.38. The molecule has 0 amide bonds. The predicted molar refractivity (Wildman–Crippen MR) is 89.9 cm³/mol. The Hall–Kier alpha value is -3.42. The number of nitro groups is 1. The minimum Gasteiger partial charge on any atom is -0.463 e. The second-order valence-corrected chi connectivity index (χ2v) is 5.10. The van der Waals surface area contributed by atoms with Crippen molar-refractivity contribution in [3.63, 3.8) is 0 Å². The summed E-state index contributed by atoms with van der Waals surface area (Å²) in [7, 11) is 0. The van der Waals surface area contributed by atoms with Crippen molar-refractivity contribution in [1.82, 2.24) is 9.71 Å². The number of aromatic nitrogens is 2. The molecule has 0 unspecified atom stereocenters. The van der Waals surface area contributed by atoms with Crippen LogP contribution in [0.4, 0.5) is 5.69 Å². The van der Waals surface area contributed by atoms with Gasteiger partial charge in [0.2, 0.25) is 6.61 Å². The van der Waals surface area contributed by atoms with E-state index < -0.39 is 10.9 Å². The number of imidazole rings is 1. The summed E-state index contributed by atoms with van der Waals surface area (Å²) in [6, 6.07) is 13.5. The molecule has 8 nitrogen and oxygen atoms in total. The van der Waals surface area contributed by atoms with Gasteiger partial charge in [0.15, 0.2) is 5.82 Å². The van der Waals surface area contributed by atoms with E-state index in [1.165, 1.54) is 16.9 Å². The zero-order valence-electron chi connectivity index (χ0n) is 13.4. The van der Waals surface area contributed by atoms with Crippen molar-refractivity contribution in [3.8, 4) is 11.4 Å². The Morgan fingerprint density at radius 1 is 1.24 bits per heavy atom. The molecule has 0 aliphatic rings. The third-order valence-electron chi connectivity index (χ3n) is 3.46. The van der Waals surface area contributed by atoms with Crippen LogP contribution in [0.3, 0.4) is 0 Å². The topological polar surface area (TPSA) is 96.5 Å². The van der Waals surface area contributed by atoms with E-state index in [9.17, 15) is 14.9 Å². The van der Waals surface area contributed by atoms with Gasteiger partial charge in [0, 0.05) is 17.7 Å². The van der Waals surface area contributed by atoms with Crippen molar-refractivity contribution in [2.75, 3.05) is 13.2 Å². The molecule has 0 fully saturated rings. The minimum atomic E-state index is -0.534. The van der Waals surface area contributed by atoms with Crippen LogP contribution < -0.4 is 4.84 Å². The molecule has 3 aromatic rings. The fraction of sp³-hybridized carbons (Fsp3) is 0.176. The minimum absolute atomic E-state index is 0.0898. The summed E-state index contributed by atoms with van der Waals surface area (Å²) in [5, 5.41) is 11.0. The molecule has 2 aromatic carbocycles. The molecule has 0 saturated heterocycles. The molecular weight excluding hydrogens is 326 g/mol. The number of nitro benzene ring substituents is 1. The number of non-ortho nitro benzene ring substituents is 1. The highest BCUT2D eigenvalue weighted by Gasteiger charge is 2.18. The van der Waals surface area contributed by atoms with Gasteiger partial charge < -0.3 is 9.57 Å². The molecule has 1 heterocycles. The van der Waals surface area contributed by atoms with Gasteiger partial charge in [-0.25, -0.2) is 9.78 Å². The van der Waals surface area contributed by atoms with Gasteiger partial charge >= 0.3 is 5.97 Å². The maximum atomic E-state index is 11.6. The Morgan fingerprint density at radius 3 is 2.68 bits per heavy atom. The van der Waals surface area contributed by atoms with Crippen molar-refractivity contribution >= 4 is 22.7 Å². The highest BCUT2D eigenvalue weighted by atomic mass is 16.7. The number of fused-ring (bicyclic) bond motifs is 1. The third-order valence-corrected chi connectivity index (χ3v) is 3.46. The van der Waals surface area contributed by atoms with Crippen molar-refractivity contribution in [2.45, 2.75) is 6.92 Å². The number of ether oxygens (including phenoxy) is 1. The molecule has 0 aliphatic carbocycles. The van der Waals surface area contributed by atoms with E-state index in [0.29, 0.717) is 16.9 Å². The molecule has 0 bridgehead atoms. The second kappa shape index (κ2) is 7.00. The summed E-state index contributed by atoms with van der Waals surface area (Å²) < 4.78 is 6.18. The Balaban J connectivity index is 2.09. The molecule has 128 valence electrons. The lowest BCUT2D eigenvalue weighted by atomic mass is 10.2. The summed E-state index contributed by atoms with van der Waals surface area (Å²) in [6.45, 7) is 1.61. The van der Waals surface area contributed by atoms with E-state index in [4.69, 9.17) is 9.57 Å². The zero-order chi connectivity index (χ0) is 17.8. The average Bonchev–Trinajstić information content (AvgIpc) is 2.98. The Labute approximate surface area is 142 Å². The van der Waals surface area contributed by atoms with E-state index in [1.54, 1.807) is 13.0 Å². The van der Waals surface area contributed by atoms with Crippen LogP contribution >= 0.6 is 0 Å². The molecule has 25 heavy (non-hydrogen) atoms. The maximum Gasteiger partial charge on any atom is 0.346 e. The van der Waals surface area contributed by atoms with Gasteiger partial charge in [0.25, 0.3) is 5.69 Å². The summed E-state index contributed by atoms with van der Waals surface area (Å²) in [5.74, 6) is -0.0887. The zero-order valence-corrected chi connectivity index (χ0v) is 13.4. The lowest BCUT2D eigenvalue weighted by molar-refractivity contribution is -0.384. The van der Waals surface area contributed by atoms with Crippen LogP contribution in [0.5, 0.6) is 0 Å². The van der Waals surface area contributed by atoms with Crippen molar-refractivity contribution < 1.29 is 19.3 Å². The first-order valence-electron chi connectivity index (χ1n) is 7.61. The molecule has 1 aromatic heterocycles. The fourth-order valence-corrected chi connectivity index (χ4v) is 2.38. The van der Waals surface area contributed by atoms with Gasteiger partial charge in [-0.05, 0) is 13.0 Å². The number of nitrogens with zero attached hydrogens (tertiary/aromatic N) is 3. The van der Waals surface area contributed by atoms with Crippen LogP contribution in [0.25, 0.3) is 22.4 Å². The van der Waals surface area contributed by atoms with Crippen LogP contribution in [0, 0.1) is 10.1 Å². The number of hydrogen-bond donors (Lipinski definition) is 0. The monoisotopic (exact) mass is 341 g/mol. The Kier molecular flexibility index (Phi) is 4.60. The molecule has 3 rings (SSSR count). The summed E-state index contributed by atoms with van der Waals surface area (Å²) >= 11 is 0. The smallest absolute Gasteiger partial charge is 0.346 e. The largest absolute Gasteiger partial charge is 0.463 e. The number of carbonyl (C=O) groups is 1. The first kappa shape index (κ1) is 16.4. The Bertz CT molecular complexity index is 921. The average molecular weight is 341 g/mol. The van der Waals surface area contributed by atoms with E-state index in [-0.39, 0.29) is 18.9 Å². The molecule has 0 aliphatic heterocycles. The molecule has 0 N–H and O–H groups in total. The first-order chi connectivity index (χ1) is 12.1. The maximum absolute atomic E-state index is 11.6. The van der Waals surface area contributed by atoms with Crippen molar-refractivity contribution in [2.24, 2.45) is 0 Å². The third kappa shape index (κ3) is 3.42. The van der Waals surface area contributed by atoms with Crippen LogP contribution in [-0.4, -0.2) is 33.8 Å². The summed E-state index contributed by atoms with van der Waals surface area (Å²) in [5.41, 5.74) is 1.59. The van der Waals surface area contributed by atoms with E-state index in [2.05, 4.69) is 4.98 Å². The molecule has 0 spiro atoms. The quantitative estimate of drug-likeness (QED) is 0.388. The highest BCUT2D eigenvalue weighted by Crippen LogP contribution is 2.26. The summed E-state index contributed by atoms with van der Waals surface area (Å²) in [6.07, 6.45) is 0. The summed E-state index contributed by atoms with van der Waals surface area (Å²) in [4.78, 5) is 32.2. The van der Waals surface area contributed by atoms with Gasteiger partial charge in [-0.3, -0.25) is 10.1 Å². The Morgan fingerprint density at radius 2 is 2.00 bits per heavy atom. The van der Waals surface area contributed by atoms with Gasteiger partial charge in [0.05, 0.1) is 17.0 Å². The lowest BCUT2D eigenvalue weighted by Crippen LogP contribution is -2.22. The molecule has 0 radical (unpaired) electrons. The van der Waals surface area contributed by atoms with Crippen LogP contribution in [0.2, 0.25) is 0 Å². The standard InChI is InChI=1S/C17H15N3O5/c1-2-24-16(21)11-25-19-15-10-13(20(22)23)8-9-14(15)18-17(19)12-6-4-3-5-7-12/h3-10H,2,11H2,1H3. The predicted octanol–water partition coefficient (Wildman–Crippen LogP) is 2.60. The molecular formula is C17H15N3O5. The SMILES string of the molecule is CCOC(=O)COn1c(-c2ccccc2)nc2ccc([N+](=O)[O-])cc21. The highest BCUT2D eigenvalue weighted by molar-refractivity contribution is 5.82. The van der Waals surface area contributed by atoms with Crippen LogP contribution in [0.15, 0.2) is 48.5 Å². The van der Waals surface area contributed by atoms with Crippen LogP contribution in [0.1, 0.15) is 6.92 Å². The molecule has 8 heteroatoms. The van der Waals surface area contributed by atoms with Gasteiger partial charge in [-0.15, -0.1) is 0 Å². The number of benzene rings is 2. The van der Waals surface area contributed by atoms with E-state index >= 15 is 0 Å². The molecule has 0 saturated carbocycles. The molecule has 0 atom stereocenters. The lowest BCUT2D eigenvalue weighted by Gasteiger charge is -2.10. The number of esters is 1. The number of carbonyl (C=O) groups excluding carboxylic acids is 1. The van der Waals surface area contributed by atoms with Crippen LogP contribution in [-0.2, 0) is 9.53 Å². The van der Waals surface area contributed by atoms with Gasteiger partial charge in [0.1, 0.15) is 5.52 Å². The van der Waals surface area contributed by atoms with Crippen molar-refractivity contribution in [3.05, 3.63) is 58.6 Å². The second-order valence-electron chi connectivity index (χ2n) is 5.10. The van der Waals surface area contributed by atoms with E-state index in [1.807, 2.05) is 30.3 Å². The van der Waals surface area contributed by atoms with Crippen molar-refractivity contribution in [1.29, 1.82) is 0 Å². The van der Waals surface area contributed by atoms with E-state index in [0.717, 1.165) is 5.56 Å². The van der Waals surface area contributed by atoms with Gasteiger partial charge in [-0.2, -0.15) is 4.73 Å². The first-order valence-corrected chi connectivity index (χ1v) is 7.61. The number of rotatable bonds is 6. The van der Waals surface area contributed by atoms with Gasteiger partial charge in [-0.1, -0.05) is 30.3 Å².